The minimum absolute atomic E-state index is 0.155. The quantitative estimate of drug-likeness (QED) is 0.643. The summed E-state index contributed by atoms with van der Waals surface area (Å²) < 4.78 is 48.1. The zero-order chi connectivity index (χ0) is 19.5. The molecule has 2 aromatic heterocycles. The van der Waals surface area contributed by atoms with E-state index in [1.54, 1.807) is 25.7 Å². The van der Waals surface area contributed by atoms with Gasteiger partial charge in [0.1, 0.15) is 6.61 Å². The molecule has 0 fully saturated rings. The summed E-state index contributed by atoms with van der Waals surface area (Å²) in [5.74, 6) is 1.46. The van der Waals surface area contributed by atoms with Crippen molar-refractivity contribution < 1.29 is 27.7 Å². The van der Waals surface area contributed by atoms with Crippen molar-refractivity contribution in [3.8, 4) is 23.1 Å². The van der Waals surface area contributed by atoms with Gasteiger partial charge in [-0.25, -0.2) is 9.97 Å². The van der Waals surface area contributed by atoms with E-state index in [0.717, 1.165) is 5.56 Å². The molecule has 146 valence electrons. The van der Waals surface area contributed by atoms with Crippen LogP contribution in [-0.2, 0) is 6.54 Å². The molecule has 0 saturated carbocycles. The van der Waals surface area contributed by atoms with Crippen LogP contribution in [0, 0.1) is 0 Å². The van der Waals surface area contributed by atoms with Gasteiger partial charge in [0.25, 0.3) is 0 Å². The van der Waals surface area contributed by atoms with E-state index in [9.17, 15) is 8.78 Å². The Hall–Kier alpha value is -3.36. The first kappa shape index (κ1) is 18.0. The Morgan fingerprint density at radius 3 is 2.89 bits per heavy atom. The molecule has 0 bridgehead atoms. The third kappa shape index (κ3) is 3.83. The highest BCUT2D eigenvalue weighted by atomic mass is 19.3. The summed E-state index contributed by atoms with van der Waals surface area (Å²) in [5, 5.41) is 0. The highest BCUT2D eigenvalue weighted by Crippen LogP contribution is 2.44. The number of pyridine rings is 1. The lowest BCUT2D eigenvalue weighted by Crippen LogP contribution is -2.22. The second kappa shape index (κ2) is 7.71. The SMILES string of the molecule is COc1cc(Cn2ccnc2)cc2c1OC(c1ccc(OC(F)F)nc1)CO2. The maximum absolute atomic E-state index is 12.3. The van der Waals surface area contributed by atoms with Gasteiger partial charge >= 0.3 is 6.61 Å². The first-order chi connectivity index (χ1) is 13.6. The van der Waals surface area contributed by atoms with E-state index in [1.165, 1.54) is 12.3 Å². The lowest BCUT2D eigenvalue weighted by Gasteiger charge is -2.28. The molecule has 0 N–H and O–H groups in total. The van der Waals surface area contributed by atoms with Crippen LogP contribution in [0.25, 0.3) is 0 Å². The first-order valence-corrected chi connectivity index (χ1v) is 8.49. The van der Waals surface area contributed by atoms with Crippen molar-refractivity contribution >= 4 is 0 Å². The van der Waals surface area contributed by atoms with Crippen LogP contribution >= 0.6 is 0 Å². The first-order valence-electron chi connectivity index (χ1n) is 8.49. The van der Waals surface area contributed by atoms with Crippen molar-refractivity contribution in [1.29, 1.82) is 0 Å². The summed E-state index contributed by atoms with van der Waals surface area (Å²) in [6, 6.07) is 6.75. The molecule has 0 spiro atoms. The number of benzene rings is 1. The predicted octanol–water partition coefficient (Wildman–Crippen LogP) is 3.45. The highest BCUT2D eigenvalue weighted by molar-refractivity contribution is 5.55. The van der Waals surface area contributed by atoms with Crippen LogP contribution in [0.15, 0.2) is 49.2 Å². The molecule has 1 atom stereocenters. The summed E-state index contributed by atoms with van der Waals surface area (Å²) in [5.41, 5.74) is 1.66. The molecular formula is C19H17F2N3O4. The van der Waals surface area contributed by atoms with E-state index in [1.807, 2.05) is 22.9 Å². The minimum atomic E-state index is -2.92. The lowest BCUT2D eigenvalue weighted by molar-refractivity contribution is -0.0529. The molecule has 1 aliphatic heterocycles. The van der Waals surface area contributed by atoms with Gasteiger partial charge in [-0.2, -0.15) is 8.78 Å². The summed E-state index contributed by atoms with van der Waals surface area (Å²) in [6.07, 6.45) is 6.29. The molecule has 0 amide bonds. The molecule has 7 nitrogen and oxygen atoms in total. The number of halogens is 2. The van der Waals surface area contributed by atoms with E-state index >= 15 is 0 Å². The summed E-state index contributed by atoms with van der Waals surface area (Å²) in [4.78, 5) is 7.90. The average molecular weight is 389 g/mol. The molecule has 9 heteroatoms. The molecule has 0 aliphatic carbocycles. The van der Waals surface area contributed by atoms with Gasteiger partial charge in [0.2, 0.25) is 11.6 Å². The Labute approximate surface area is 159 Å². The van der Waals surface area contributed by atoms with E-state index in [4.69, 9.17) is 14.2 Å². The van der Waals surface area contributed by atoms with Gasteiger partial charge < -0.3 is 23.5 Å². The molecule has 3 heterocycles. The van der Waals surface area contributed by atoms with Crippen LogP contribution in [0.5, 0.6) is 23.1 Å². The van der Waals surface area contributed by atoms with Gasteiger partial charge in [-0.05, 0) is 23.8 Å². The molecular weight excluding hydrogens is 372 g/mol. The normalized spacial score (nSPS) is 15.5. The molecule has 3 aromatic rings. The fourth-order valence-electron chi connectivity index (χ4n) is 2.94. The number of hydrogen-bond acceptors (Lipinski definition) is 6. The van der Waals surface area contributed by atoms with Crippen molar-refractivity contribution in [3.63, 3.8) is 0 Å². The number of alkyl halides is 2. The van der Waals surface area contributed by atoms with Crippen molar-refractivity contribution in [2.24, 2.45) is 0 Å². The van der Waals surface area contributed by atoms with Gasteiger partial charge in [-0.15, -0.1) is 0 Å². The third-order valence-electron chi connectivity index (χ3n) is 4.22. The van der Waals surface area contributed by atoms with Gasteiger partial charge in [-0.3, -0.25) is 0 Å². The topological polar surface area (TPSA) is 67.6 Å². The number of aromatic nitrogens is 3. The van der Waals surface area contributed by atoms with Gasteiger partial charge in [0.15, 0.2) is 17.6 Å². The number of imidazole rings is 1. The largest absolute Gasteiger partial charge is 0.493 e. The van der Waals surface area contributed by atoms with E-state index < -0.39 is 12.7 Å². The molecule has 1 unspecified atom stereocenters. The summed E-state index contributed by atoms with van der Waals surface area (Å²) >= 11 is 0. The van der Waals surface area contributed by atoms with E-state index in [-0.39, 0.29) is 12.5 Å². The minimum Gasteiger partial charge on any atom is -0.493 e. The zero-order valence-corrected chi connectivity index (χ0v) is 14.9. The standard InChI is InChI=1S/C19H17F2N3O4/c1-25-14-6-12(9-24-5-4-22-11-24)7-15-18(14)27-16(10-26-15)13-2-3-17(23-8-13)28-19(20)21/h2-8,11,16,19H,9-10H2,1H3. The highest BCUT2D eigenvalue weighted by Gasteiger charge is 2.27. The Balaban J connectivity index is 1.54. The number of hydrogen-bond donors (Lipinski definition) is 0. The monoisotopic (exact) mass is 389 g/mol. The second-order valence-corrected chi connectivity index (χ2v) is 6.09. The van der Waals surface area contributed by atoms with Crippen LogP contribution in [0.2, 0.25) is 0 Å². The fourth-order valence-corrected chi connectivity index (χ4v) is 2.94. The van der Waals surface area contributed by atoms with Crippen LogP contribution < -0.4 is 18.9 Å². The molecule has 0 radical (unpaired) electrons. The van der Waals surface area contributed by atoms with Gasteiger partial charge in [0, 0.05) is 36.8 Å². The smallest absolute Gasteiger partial charge is 0.388 e. The maximum Gasteiger partial charge on any atom is 0.388 e. The molecule has 1 aliphatic rings. The van der Waals surface area contributed by atoms with Crippen molar-refractivity contribution in [1.82, 2.24) is 14.5 Å². The average Bonchev–Trinajstić information content (AvgIpc) is 3.20. The van der Waals surface area contributed by atoms with Crippen LogP contribution in [0.3, 0.4) is 0 Å². The van der Waals surface area contributed by atoms with E-state index in [2.05, 4.69) is 14.7 Å². The third-order valence-corrected chi connectivity index (χ3v) is 4.22. The number of fused-ring (bicyclic) bond motifs is 1. The van der Waals surface area contributed by atoms with Crippen LogP contribution in [0.4, 0.5) is 8.78 Å². The van der Waals surface area contributed by atoms with E-state index in [0.29, 0.717) is 29.4 Å². The second-order valence-electron chi connectivity index (χ2n) is 6.09. The van der Waals surface area contributed by atoms with Crippen molar-refractivity contribution in [2.75, 3.05) is 13.7 Å². The Bertz CT molecular complexity index is 916. The molecule has 1 aromatic carbocycles. The predicted molar refractivity (Wildman–Crippen MR) is 94.1 cm³/mol. The number of ether oxygens (including phenoxy) is 4. The molecule has 28 heavy (non-hydrogen) atoms. The van der Waals surface area contributed by atoms with Gasteiger partial charge in [0.05, 0.1) is 13.4 Å². The summed E-state index contributed by atoms with van der Waals surface area (Å²) in [7, 11) is 1.56. The number of methoxy groups -OCH3 is 1. The Kier molecular flexibility index (Phi) is 4.96. The molecule has 0 saturated heterocycles. The van der Waals surface area contributed by atoms with Gasteiger partial charge in [-0.1, -0.05) is 0 Å². The van der Waals surface area contributed by atoms with Crippen molar-refractivity contribution in [2.45, 2.75) is 19.3 Å². The Morgan fingerprint density at radius 1 is 1.32 bits per heavy atom. The summed E-state index contributed by atoms with van der Waals surface area (Å²) in [6.45, 7) is -2.05. The zero-order valence-electron chi connectivity index (χ0n) is 14.9. The molecule has 4 rings (SSSR count). The maximum atomic E-state index is 12.3. The number of rotatable bonds is 6. The fraction of sp³-hybridized carbons (Fsp3) is 0.263. The Morgan fingerprint density at radius 2 is 2.21 bits per heavy atom. The number of nitrogens with zero attached hydrogens (tertiary/aromatic N) is 3. The van der Waals surface area contributed by atoms with Crippen LogP contribution in [0.1, 0.15) is 17.2 Å². The lowest BCUT2D eigenvalue weighted by atomic mass is 10.1. The van der Waals surface area contributed by atoms with Crippen LogP contribution in [-0.4, -0.2) is 34.9 Å². The van der Waals surface area contributed by atoms with Crippen molar-refractivity contribution in [3.05, 3.63) is 60.3 Å².